The summed E-state index contributed by atoms with van der Waals surface area (Å²) in [7, 11) is -7.54. The molecule has 2 aliphatic heterocycles. The number of nitrogens with one attached hydrogen (secondary N) is 2. The zero-order valence-corrected chi connectivity index (χ0v) is 34.8. The number of fused-ring (bicyclic) bond motifs is 2. The molecule has 2 aromatic carbocycles. The average molecular weight is 943 g/mol. The van der Waals surface area contributed by atoms with Crippen molar-refractivity contribution in [2.75, 3.05) is 23.0 Å². The number of benzene rings is 2. The standard InChI is InChI=1S/2C17H15BrN2O5S2/c2*1-10-16(18)17(25-19-10)20-27(21,22)15-6-7-26-14(15)5-3-11-2-4-12-13(8-11)24-9-23-12/h2*2,4,6-8,20H,3,5,9H2,1H3. The van der Waals surface area contributed by atoms with Crippen LogP contribution < -0.4 is 28.4 Å². The van der Waals surface area contributed by atoms with E-state index in [4.69, 9.17) is 28.0 Å². The number of aromatic nitrogens is 2. The number of hydrogen-bond acceptors (Lipinski definition) is 14. The van der Waals surface area contributed by atoms with Gasteiger partial charge in [-0.05, 0) is 130 Å². The van der Waals surface area contributed by atoms with E-state index in [1.807, 2.05) is 36.4 Å². The van der Waals surface area contributed by atoms with Crippen molar-refractivity contribution in [3.8, 4) is 23.0 Å². The second kappa shape index (κ2) is 16.0. The van der Waals surface area contributed by atoms with Gasteiger partial charge < -0.3 is 28.0 Å². The van der Waals surface area contributed by atoms with Crippen LogP contribution in [0.5, 0.6) is 23.0 Å². The Morgan fingerprint density at radius 1 is 0.611 bits per heavy atom. The van der Waals surface area contributed by atoms with Crippen LogP contribution in [-0.4, -0.2) is 40.7 Å². The van der Waals surface area contributed by atoms with Gasteiger partial charge in [-0.15, -0.1) is 22.7 Å². The fourth-order valence-corrected chi connectivity index (χ4v) is 11.1. The normalized spacial score (nSPS) is 13.1. The number of thiophene rings is 2. The average Bonchev–Trinajstić information content (AvgIpc) is 4.01. The van der Waals surface area contributed by atoms with Crippen molar-refractivity contribution in [1.29, 1.82) is 0 Å². The van der Waals surface area contributed by atoms with Crippen LogP contribution in [0.2, 0.25) is 0 Å². The van der Waals surface area contributed by atoms with E-state index in [0.717, 1.165) is 43.9 Å². The van der Waals surface area contributed by atoms with Crippen molar-refractivity contribution in [1.82, 2.24) is 10.3 Å². The number of anilines is 2. The summed E-state index contributed by atoms with van der Waals surface area (Å²) in [6, 6.07) is 14.7. The molecule has 2 N–H and O–H groups in total. The maximum absolute atomic E-state index is 12.8. The molecule has 0 saturated carbocycles. The first-order valence-electron chi connectivity index (χ1n) is 16.1. The predicted octanol–water partition coefficient (Wildman–Crippen LogP) is 8.24. The lowest BCUT2D eigenvalue weighted by molar-refractivity contribution is 0.173. The molecule has 0 radical (unpaired) electrons. The fraction of sp³-hybridized carbons (Fsp3) is 0.235. The summed E-state index contributed by atoms with van der Waals surface area (Å²) in [5.41, 5.74) is 3.25. The van der Waals surface area contributed by atoms with E-state index in [2.05, 4.69) is 51.6 Å². The molecule has 284 valence electrons. The van der Waals surface area contributed by atoms with Crippen LogP contribution in [0.3, 0.4) is 0 Å². The molecule has 0 aliphatic carbocycles. The number of hydrogen-bond donors (Lipinski definition) is 2. The summed E-state index contributed by atoms with van der Waals surface area (Å²) >= 11 is 9.35. The van der Waals surface area contributed by atoms with E-state index >= 15 is 0 Å². The van der Waals surface area contributed by atoms with Gasteiger partial charge in [-0.1, -0.05) is 22.4 Å². The van der Waals surface area contributed by atoms with Crippen LogP contribution in [0.15, 0.2) is 87.1 Å². The van der Waals surface area contributed by atoms with Gasteiger partial charge in [0.25, 0.3) is 31.8 Å². The van der Waals surface area contributed by atoms with Crippen LogP contribution in [0.1, 0.15) is 32.3 Å². The van der Waals surface area contributed by atoms with Crippen molar-refractivity contribution < 1.29 is 44.8 Å². The lowest BCUT2D eigenvalue weighted by Gasteiger charge is -2.07. The Hall–Kier alpha value is -4.08. The first kappa shape index (κ1) is 38.2. The number of sulfonamides is 2. The van der Waals surface area contributed by atoms with Gasteiger partial charge in [0.05, 0.1) is 11.4 Å². The SMILES string of the molecule is Cc1noc(NS(=O)(=O)c2ccsc2CCc2ccc3c(c2)OCO3)c1Br.Cc1noc(NS(=O)(=O)c2ccsc2CCc2ccc3c(c2)OCO3)c1Br. The van der Waals surface area contributed by atoms with Crippen LogP contribution in [-0.2, 0) is 45.7 Å². The zero-order valence-electron chi connectivity index (χ0n) is 28.4. The highest BCUT2D eigenvalue weighted by molar-refractivity contribution is 9.11. The molecule has 0 atom stereocenters. The smallest absolute Gasteiger partial charge is 0.265 e. The van der Waals surface area contributed by atoms with Gasteiger partial charge in [-0.3, -0.25) is 0 Å². The number of aryl methyl sites for hydroxylation is 6. The number of rotatable bonds is 12. The third-order valence-corrected chi connectivity index (χ3v) is 15.1. The van der Waals surface area contributed by atoms with Gasteiger partial charge >= 0.3 is 0 Å². The summed E-state index contributed by atoms with van der Waals surface area (Å²) < 4.78 is 88.4. The van der Waals surface area contributed by atoms with Crippen LogP contribution in [0.4, 0.5) is 11.8 Å². The molecule has 14 nitrogen and oxygen atoms in total. The van der Waals surface area contributed by atoms with Gasteiger partial charge in [0, 0.05) is 9.75 Å². The minimum Gasteiger partial charge on any atom is -0.454 e. The number of halogens is 2. The molecule has 0 unspecified atom stereocenters. The quantitative estimate of drug-likeness (QED) is 0.120. The Morgan fingerprint density at radius 3 is 1.41 bits per heavy atom. The van der Waals surface area contributed by atoms with Crippen molar-refractivity contribution in [2.24, 2.45) is 0 Å². The van der Waals surface area contributed by atoms with Crippen molar-refractivity contribution in [3.05, 3.63) is 101 Å². The number of nitrogens with zero attached hydrogens (tertiary/aromatic N) is 2. The Labute approximate surface area is 335 Å². The van der Waals surface area contributed by atoms with Gasteiger partial charge in [-0.2, -0.15) is 0 Å². The Bertz CT molecular complexity index is 2360. The fourth-order valence-electron chi connectivity index (χ4n) is 5.41. The third-order valence-electron chi connectivity index (χ3n) is 8.18. The summed E-state index contributed by atoms with van der Waals surface area (Å²) in [5.74, 6) is 3.05. The highest BCUT2D eigenvalue weighted by Gasteiger charge is 2.25. The molecule has 0 bridgehead atoms. The molecule has 6 heterocycles. The minimum atomic E-state index is -3.77. The van der Waals surface area contributed by atoms with E-state index in [-0.39, 0.29) is 35.1 Å². The molecular formula is C34H30Br2N4O10S4. The van der Waals surface area contributed by atoms with Crippen LogP contribution in [0, 0.1) is 13.8 Å². The topological polar surface area (TPSA) is 181 Å². The molecule has 54 heavy (non-hydrogen) atoms. The lowest BCUT2D eigenvalue weighted by Crippen LogP contribution is -2.14. The van der Waals surface area contributed by atoms with Gasteiger partial charge in [0.2, 0.25) is 13.6 Å². The number of ether oxygens (including phenoxy) is 4. The third kappa shape index (κ3) is 8.42. The molecule has 0 fully saturated rings. The Balaban J connectivity index is 0.000000167. The van der Waals surface area contributed by atoms with Crippen LogP contribution >= 0.6 is 54.5 Å². The van der Waals surface area contributed by atoms with E-state index < -0.39 is 20.0 Å². The monoisotopic (exact) mass is 940 g/mol. The van der Waals surface area contributed by atoms with Crippen LogP contribution in [0.25, 0.3) is 0 Å². The Kier molecular flexibility index (Phi) is 11.3. The van der Waals surface area contributed by atoms with Gasteiger partial charge in [0.15, 0.2) is 23.0 Å². The second-order valence-corrected chi connectivity index (χ2v) is 18.7. The van der Waals surface area contributed by atoms with Crippen molar-refractivity contribution >= 4 is 86.3 Å². The van der Waals surface area contributed by atoms with Gasteiger partial charge in [0.1, 0.15) is 18.7 Å². The van der Waals surface area contributed by atoms with E-state index in [9.17, 15) is 16.8 Å². The first-order valence-corrected chi connectivity index (χ1v) is 22.4. The summed E-state index contributed by atoms with van der Waals surface area (Å²) in [4.78, 5) is 2.03. The largest absolute Gasteiger partial charge is 0.454 e. The molecule has 0 spiro atoms. The highest BCUT2D eigenvalue weighted by atomic mass is 79.9. The summed E-state index contributed by atoms with van der Waals surface area (Å²) in [6.45, 7) is 3.89. The summed E-state index contributed by atoms with van der Waals surface area (Å²) in [6.07, 6.45) is 2.55. The second-order valence-electron chi connectivity index (χ2n) is 11.8. The minimum absolute atomic E-state index is 0.0698. The maximum Gasteiger partial charge on any atom is 0.265 e. The maximum atomic E-state index is 12.8. The molecule has 0 saturated heterocycles. The van der Waals surface area contributed by atoms with E-state index in [0.29, 0.717) is 46.0 Å². The lowest BCUT2D eigenvalue weighted by atomic mass is 10.1. The highest BCUT2D eigenvalue weighted by Crippen LogP contribution is 2.36. The zero-order chi connectivity index (χ0) is 38.0. The first-order chi connectivity index (χ1) is 25.9. The van der Waals surface area contributed by atoms with Gasteiger partial charge in [-0.25, -0.2) is 26.3 Å². The Morgan fingerprint density at radius 2 is 1.02 bits per heavy atom. The molecule has 0 amide bonds. The predicted molar refractivity (Wildman–Crippen MR) is 208 cm³/mol. The van der Waals surface area contributed by atoms with E-state index in [1.54, 1.807) is 36.7 Å². The van der Waals surface area contributed by atoms with E-state index in [1.165, 1.54) is 22.7 Å². The molecule has 20 heteroatoms. The molecule has 6 aromatic rings. The molecular weight excluding hydrogens is 912 g/mol. The van der Waals surface area contributed by atoms with Crippen molar-refractivity contribution in [2.45, 2.75) is 49.3 Å². The van der Waals surface area contributed by atoms with Crippen molar-refractivity contribution in [3.63, 3.8) is 0 Å². The molecule has 4 aromatic heterocycles. The molecule has 8 rings (SSSR count). The summed E-state index contributed by atoms with van der Waals surface area (Å²) in [5, 5.41) is 11.0. The molecule has 2 aliphatic rings.